The molecule has 2 aromatic heterocycles. The molecule has 0 aromatic carbocycles. The van der Waals surface area contributed by atoms with Gasteiger partial charge in [0.25, 0.3) is 5.91 Å². The van der Waals surface area contributed by atoms with Crippen LogP contribution in [0.15, 0.2) is 35.1 Å². The van der Waals surface area contributed by atoms with Crippen molar-refractivity contribution in [1.82, 2.24) is 14.9 Å². The Labute approximate surface area is 147 Å². The number of carbonyl (C=O) groups excluding carboxylic acids is 1. The fourth-order valence-corrected chi connectivity index (χ4v) is 3.53. The van der Waals surface area contributed by atoms with E-state index in [1.54, 1.807) is 18.3 Å². The van der Waals surface area contributed by atoms with Crippen LogP contribution in [-0.4, -0.2) is 53.0 Å². The molecule has 2 aliphatic rings. The summed E-state index contributed by atoms with van der Waals surface area (Å²) in [5.41, 5.74) is 0. The maximum absolute atomic E-state index is 12.3. The normalized spacial score (nSPS) is 18.6. The van der Waals surface area contributed by atoms with Gasteiger partial charge in [0.05, 0.1) is 6.26 Å². The predicted octanol–water partition coefficient (Wildman–Crippen LogP) is 2.39. The number of rotatable bonds is 4. The van der Waals surface area contributed by atoms with Gasteiger partial charge in [0.2, 0.25) is 5.95 Å². The lowest BCUT2D eigenvalue weighted by Gasteiger charge is -2.34. The number of aromatic nitrogens is 2. The summed E-state index contributed by atoms with van der Waals surface area (Å²) in [4.78, 5) is 25.3. The molecule has 0 atom stereocenters. The van der Waals surface area contributed by atoms with Crippen molar-refractivity contribution in [3.05, 3.63) is 36.4 Å². The van der Waals surface area contributed by atoms with E-state index >= 15 is 0 Å². The number of hydrogen-bond acceptors (Lipinski definition) is 6. The van der Waals surface area contributed by atoms with E-state index in [1.807, 2.05) is 11.0 Å². The highest BCUT2D eigenvalue weighted by Gasteiger charge is 2.25. The molecule has 0 radical (unpaired) electrons. The molecule has 1 amide bonds. The van der Waals surface area contributed by atoms with Crippen LogP contribution in [0.1, 0.15) is 36.2 Å². The summed E-state index contributed by atoms with van der Waals surface area (Å²) in [6.45, 7) is 2.73. The Morgan fingerprint density at radius 2 is 1.96 bits per heavy atom. The maximum atomic E-state index is 12.3. The topological polar surface area (TPSA) is 74.5 Å². The third-order valence-corrected chi connectivity index (χ3v) is 4.93. The first kappa shape index (κ1) is 15.9. The number of carbonyl (C=O) groups is 1. The zero-order valence-electron chi connectivity index (χ0n) is 14.2. The van der Waals surface area contributed by atoms with Crippen LogP contribution in [0.2, 0.25) is 0 Å². The molecular weight excluding hydrogens is 318 g/mol. The number of piperazine rings is 1. The van der Waals surface area contributed by atoms with Crippen LogP contribution in [0.3, 0.4) is 0 Å². The molecular formula is C18H23N5O2. The number of hydrogen-bond donors (Lipinski definition) is 1. The Kier molecular flexibility index (Phi) is 4.54. The van der Waals surface area contributed by atoms with Gasteiger partial charge in [-0.1, -0.05) is 12.8 Å². The van der Waals surface area contributed by atoms with E-state index in [9.17, 15) is 4.79 Å². The lowest BCUT2D eigenvalue weighted by molar-refractivity contribution is 0.0714. The van der Waals surface area contributed by atoms with Gasteiger partial charge in [-0.3, -0.25) is 4.79 Å². The van der Waals surface area contributed by atoms with Gasteiger partial charge >= 0.3 is 0 Å². The highest BCUT2D eigenvalue weighted by atomic mass is 16.3. The molecule has 1 saturated carbocycles. The molecule has 1 aliphatic heterocycles. The molecule has 7 nitrogen and oxygen atoms in total. The smallest absolute Gasteiger partial charge is 0.289 e. The Morgan fingerprint density at radius 1 is 1.16 bits per heavy atom. The molecule has 1 N–H and O–H groups in total. The zero-order valence-corrected chi connectivity index (χ0v) is 14.2. The molecule has 3 heterocycles. The van der Waals surface area contributed by atoms with Crippen LogP contribution in [-0.2, 0) is 0 Å². The van der Waals surface area contributed by atoms with Crippen LogP contribution in [0.4, 0.5) is 11.8 Å². The summed E-state index contributed by atoms with van der Waals surface area (Å²) < 4.78 is 5.20. The second-order valence-electron chi connectivity index (χ2n) is 6.62. The maximum Gasteiger partial charge on any atom is 0.289 e. The summed E-state index contributed by atoms with van der Waals surface area (Å²) in [5, 5.41) is 3.51. The van der Waals surface area contributed by atoms with E-state index in [-0.39, 0.29) is 5.91 Å². The van der Waals surface area contributed by atoms with Gasteiger partial charge in [-0.2, -0.15) is 4.98 Å². The molecule has 2 fully saturated rings. The van der Waals surface area contributed by atoms with E-state index in [0.29, 0.717) is 24.9 Å². The van der Waals surface area contributed by atoms with Crippen LogP contribution >= 0.6 is 0 Å². The average molecular weight is 341 g/mol. The Balaban J connectivity index is 1.36. The molecule has 25 heavy (non-hydrogen) atoms. The summed E-state index contributed by atoms with van der Waals surface area (Å²) in [6.07, 6.45) is 8.35. The van der Waals surface area contributed by atoms with E-state index in [0.717, 1.165) is 24.9 Å². The highest BCUT2D eigenvalue weighted by Crippen LogP contribution is 2.22. The van der Waals surface area contributed by atoms with Gasteiger partial charge in [0, 0.05) is 38.4 Å². The van der Waals surface area contributed by atoms with Gasteiger partial charge in [-0.15, -0.1) is 0 Å². The molecule has 0 unspecified atom stereocenters. The van der Waals surface area contributed by atoms with Crippen molar-refractivity contribution in [2.24, 2.45) is 0 Å². The van der Waals surface area contributed by atoms with E-state index in [1.165, 1.54) is 31.9 Å². The van der Waals surface area contributed by atoms with E-state index in [4.69, 9.17) is 4.42 Å². The summed E-state index contributed by atoms with van der Waals surface area (Å²) >= 11 is 0. The van der Waals surface area contributed by atoms with Crippen molar-refractivity contribution in [3.63, 3.8) is 0 Å². The summed E-state index contributed by atoms with van der Waals surface area (Å²) in [7, 11) is 0. The van der Waals surface area contributed by atoms with Crippen molar-refractivity contribution < 1.29 is 9.21 Å². The quantitative estimate of drug-likeness (QED) is 0.920. The molecule has 0 spiro atoms. The minimum Gasteiger partial charge on any atom is -0.459 e. The van der Waals surface area contributed by atoms with Gasteiger partial charge in [0.1, 0.15) is 5.82 Å². The number of nitrogens with zero attached hydrogens (tertiary/aromatic N) is 4. The molecule has 132 valence electrons. The van der Waals surface area contributed by atoms with Crippen LogP contribution in [0, 0.1) is 0 Å². The molecule has 1 saturated heterocycles. The summed E-state index contributed by atoms with van der Waals surface area (Å²) in [5.74, 6) is 1.97. The minimum absolute atomic E-state index is 0.0535. The third-order valence-electron chi connectivity index (χ3n) is 4.93. The second kappa shape index (κ2) is 7.13. The van der Waals surface area contributed by atoms with Gasteiger partial charge in [-0.25, -0.2) is 4.98 Å². The molecule has 1 aliphatic carbocycles. The number of amides is 1. The highest BCUT2D eigenvalue weighted by molar-refractivity contribution is 5.91. The van der Waals surface area contributed by atoms with E-state index < -0.39 is 0 Å². The monoisotopic (exact) mass is 341 g/mol. The Morgan fingerprint density at radius 3 is 2.68 bits per heavy atom. The molecule has 7 heteroatoms. The van der Waals surface area contributed by atoms with Crippen molar-refractivity contribution in [3.8, 4) is 0 Å². The summed E-state index contributed by atoms with van der Waals surface area (Å²) in [6, 6.07) is 5.90. The van der Waals surface area contributed by atoms with Crippen molar-refractivity contribution in [2.45, 2.75) is 31.7 Å². The number of nitrogens with one attached hydrogen (secondary N) is 1. The van der Waals surface area contributed by atoms with Crippen LogP contribution in [0.25, 0.3) is 0 Å². The third kappa shape index (κ3) is 3.60. The first-order valence-electron chi connectivity index (χ1n) is 8.97. The fourth-order valence-electron chi connectivity index (χ4n) is 3.53. The van der Waals surface area contributed by atoms with E-state index in [2.05, 4.69) is 20.2 Å². The van der Waals surface area contributed by atoms with Crippen molar-refractivity contribution in [2.75, 3.05) is 36.4 Å². The average Bonchev–Trinajstić information content (AvgIpc) is 3.35. The van der Waals surface area contributed by atoms with Crippen LogP contribution in [0.5, 0.6) is 0 Å². The molecule has 4 rings (SSSR count). The molecule has 2 aromatic rings. The van der Waals surface area contributed by atoms with Crippen molar-refractivity contribution in [1.29, 1.82) is 0 Å². The standard InChI is InChI=1S/C18H23N5O2/c24-17(15-6-3-13-25-15)22-9-11-23(12-10-22)18-19-8-7-16(21-18)20-14-4-1-2-5-14/h3,6-8,13-14H,1-2,4-5,9-12H2,(H,19,20,21). The fraction of sp³-hybridized carbons (Fsp3) is 0.500. The first-order valence-corrected chi connectivity index (χ1v) is 8.97. The predicted molar refractivity (Wildman–Crippen MR) is 94.7 cm³/mol. The lowest BCUT2D eigenvalue weighted by atomic mass is 10.2. The zero-order chi connectivity index (χ0) is 17.1. The minimum atomic E-state index is -0.0535. The first-order chi connectivity index (χ1) is 12.3. The lowest BCUT2D eigenvalue weighted by Crippen LogP contribution is -2.49. The number of furan rings is 1. The Bertz CT molecular complexity index is 704. The van der Waals surface area contributed by atoms with Gasteiger partial charge < -0.3 is 19.5 Å². The van der Waals surface area contributed by atoms with Crippen LogP contribution < -0.4 is 10.2 Å². The molecule has 0 bridgehead atoms. The van der Waals surface area contributed by atoms with Gasteiger partial charge in [-0.05, 0) is 31.0 Å². The number of anilines is 2. The largest absolute Gasteiger partial charge is 0.459 e. The second-order valence-corrected chi connectivity index (χ2v) is 6.62. The van der Waals surface area contributed by atoms with Crippen molar-refractivity contribution >= 4 is 17.7 Å². The van der Waals surface area contributed by atoms with Gasteiger partial charge in [0.15, 0.2) is 5.76 Å². The Hall–Kier alpha value is -2.57. The SMILES string of the molecule is O=C(c1ccco1)N1CCN(c2nccc(NC3CCCC3)n2)CC1.